The van der Waals surface area contributed by atoms with Gasteiger partial charge in [0.1, 0.15) is 5.82 Å². The first-order valence-corrected chi connectivity index (χ1v) is 8.78. The average Bonchev–Trinajstić information content (AvgIpc) is 3.13. The van der Waals surface area contributed by atoms with Crippen LogP contribution in [0, 0.1) is 13.8 Å². The molecule has 0 spiro atoms. The zero-order chi connectivity index (χ0) is 18.8. The van der Waals surface area contributed by atoms with E-state index in [1.54, 1.807) is 42.5 Å². The Kier molecular flexibility index (Phi) is 5.03. The van der Waals surface area contributed by atoms with Crippen LogP contribution in [-0.4, -0.2) is 31.3 Å². The minimum absolute atomic E-state index is 0.337. The van der Waals surface area contributed by atoms with Gasteiger partial charge in [0.25, 0.3) is 11.7 Å². The topological polar surface area (TPSA) is 81.8 Å². The first kappa shape index (κ1) is 18.1. The fourth-order valence-electron chi connectivity index (χ4n) is 2.72. The van der Waals surface area contributed by atoms with E-state index >= 15 is 0 Å². The Bertz CT molecular complexity index is 972. The van der Waals surface area contributed by atoms with Gasteiger partial charge in [-0.3, -0.25) is 14.3 Å². The van der Waals surface area contributed by atoms with Crippen molar-refractivity contribution in [3.8, 4) is 0 Å². The fraction of sp³-hybridized carbons (Fsp3) is 0.222. The molecule has 0 radical (unpaired) electrons. The van der Waals surface area contributed by atoms with E-state index in [9.17, 15) is 9.59 Å². The number of aromatic nitrogens is 4. The van der Waals surface area contributed by atoms with E-state index in [-0.39, 0.29) is 0 Å². The number of rotatable bonds is 5. The summed E-state index contributed by atoms with van der Waals surface area (Å²) in [5.74, 6) is -0.850. The van der Waals surface area contributed by atoms with Crippen LogP contribution in [0.3, 0.4) is 0 Å². The number of carbonyl (C=O) groups excluding carboxylic acids is 2. The number of hydrogen-bond acceptors (Lipinski definition) is 4. The molecule has 2 aromatic heterocycles. The molecule has 8 heteroatoms. The number of ketones is 1. The number of anilines is 1. The predicted molar refractivity (Wildman–Crippen MR) is 101 cm³/mol. The SMILES string of the molecule is Cc1nn(C)c(C)c1C(=O)C(=O)Nc1ccnn1Cc1ccc(Br)cc1. The lowest BCUT2D eigenvalue weighted by Crippen LogP contribution is -2.25. The van der Waals surface area contributed by atoms with E-state index in [0.29, 0.717) is 29.3 Å². The smallest absolute Gasteiger partial charge is 0.298 e. The van der Waals surface area contributed by atoms with Crippen LogP contribution in [0.25, 0.3) is 0 Å². The number of Topliss-reactive ketones (excluding diaryl/α,β-unsaturated/α-hetero) is 1. The number of carbonyl (C=O) groups is 2. The first-order chi connectivity index (χ1) is 12.4. The zero-order valence-electron chi connectivity index (χ0n) is 14.7. The summed E-state index contributed by atoms with van der Waals surface area (Å²) in [6.45, 7) is 3.96. The Hall–Kier alpha value is -2.74. The molecule has 1 amide bonds. The second-order valence-electron chi connectivity index (χ2n) is 5.95. The molecule has 2 heterocycles. The normalized spacial score (nSPS) is 10.8. The molecule has 1 aromatic carbocycles. The predicted octanol–water partition coefficient (Wildman–Crippen LogP) is 2.87. The van der Waals surface area contributed by atoms with Gasteiger partial charge in [-0.05, 0) is 31.5 Å². The van der Waals surface area contributed by atoms with Gasteiger partial charge in [-0.2, -0.15) is 10.2 Å². The maximum Gasteiger partial charge on any atom is 0.298 e. The lowest BCUT2D eigenvalue weighted by atomic mass is 10.1. The van der Waals surface area contributed by atoms with Gasteiger partial charge < -0.3 is 5.32 Å². The monoisotopic (exact) mass is 415 g/mol. The van der Waals surface area contributed by atoms with Crippen LogP contribution in [-0.2, 0) is 18.4 Å². The van der Waals surface area contributed by atoms with Crippen LogP contribution in [0.15, 0.2) is 41.0 Å². The quantitative estimate of drug-likeness (QED) is 0.512. The van der Waals surface area contributed by atoms with Crippen LogP contribution in [0.1, 0.15) is 27.3 Å². The average molecular weight is 416 g/mol. The van der Waals surface area contributed by atoms with E-state index < -0.39 is 11.7 Å². The molecule has 26 heavy (non-hydrogen) atoms. The van der Waals surface area contributed by atoms with Gasteiger partial charge in [-0.1, -0.05) is 28.1 Å². The second-order valence-corrected chi connectivity index (χ2v) is 6.87. The van der Waals surface area contributed by atoms with Crippen molar-refractivity contribution in [1.82, 2.24) is 19.6 Å². The van der Waals surface area contributed by atoms with Crippen LogP contribution in [0.2, 0.25) is 0 Å². The molecule has 1 N–H and O–H groups in total. The van der Waals surface area contributed by atoms with Crippen LogP contribution in [0.4, 0.5) is 5.82 Å². The van der Waals surface area contributed by atoms with Gasteiger partial charge in [0, 0.05) is 23.3 Å². The van der Waals surface area contributed by atoms with Crippen molar-refractivity contribution in [2.24, 2.45) is 7.05 Å². The lowest BCUT2D eigenvalue weighted by Gasteiger charge is -2.09. The number of hydrogen-bond donors (Lipinski definition) is 1. The minimum atomic E-state index is -0.707. The highest BCUT2D eigenvalue weighted by Crippen LogP contribution is 2.16. The maximum atomic E-state index is 12.5. The summed E-state index contributed by atoms with van der Waals surface area (Å²) in [6, 6.07) is 9.46. The van der Waals surface area contributed by atoms with E-state index in [0.717, 1.165) is 10.0 Å². The molecule has 0 bridgehead atoms. The second kappa shape index (κ2) is 7.25. The standard InChI is InChI=1S/C18H18BrN5O2/c1-11-16(12(2)23(3)22-11)17(25)18(26)21-15-8-9-20-24(15)10-13-4-6-14(19)7-5-13/h4-9H,10H2,1-3H3,(H,21,26). The molecule has 134 valence electrons. The summed E-state index contributed by atoms with van der Waals surface area (Å²) in [5.41, 5.74) is 2.56. The summed E-state index contributed by atoms with van der Waals surface area (Å²) in [6.07, 6.45) is 1.58. The molecule has 0 saturated carbocycles. The Morgan fingerprint density at radius 1 is 1.15 bits per heavy atom. The molecule has 0 saturated heterocycles. The molecule has 0 aliphatic heterocycles. The van der Waals surface area contributed by atoms with Crippen molar-refractivity contribution in [1.29, 1.82) is 0 Å². The third kappa shape index (κ3) is 3.60. The first-order valence-electron chi connectivity index (χ1n) is 7.99. The maximum absolute atomic E-state index is 12.5. The molecule has 0 atom stereocenters. The minimum Gasteiger partial charge on any atom is -0.304 e. The summed E-state index contributed by atoms with van der Waals surface area (Å²) in [5, 5.41) is 11.1. The molecule has 7 nitrogen and oxygen atoms in total. The lowest BCUT2D eigenvalue weighted by molar-refractivity contribution is -0.112. The highest BCUT2D eigenvalue weighted by molar-refractivity contribution is 9.10. The Morgan fingerprint density at radius 3 is 2.46 bits per heavy atom. The molecule has 0 aliphatic carbocycles. The fourth-order valence-corrected chi connectivity index (χ4v) is 2.98. The molecular formula is C18H18BrN5O2. The molecular weight excluding hydrogens is 398 g/mol. The largest absolute Gasteiger partial charge is 0.304 e. The van der Waals surface area contributed by atoms with Crippen LogP contribution >= 0.6 is 15.9 Å². The summed E-state index contributed by atoms with van der Waals surface area (Å²) in [7, 11) is 1.74. The summed E-state index contributed by atoms with van der Waals surface area (Å²) < 4.78 is 4.22. The van der Waals surface area contributed by atoms with Gasteiger partial charge in [-0.25, -0.2) is 4.68 Å². The van der Waals surface area contributed by atoms with E-state index in [1.165, 1.54) is 0 Å². The Morgan fingerprint density at radius 2 is 1.85 bits per heavy atom. The van der Waals surface area contributed by atoms with Crippen molar-refractivity contribution >= 4 is 33.4 Å². The van der Waals surface area contributed by atoms with Gasteiger partial charge in [-0.15, -0.1) is 0 Å². The van der Waals surface area contributed by atoms with E-state index in [4.69, 9.17) is 0 Å². The molecule has 3 rings (SSSR count). The number of nitrogens with zero attached hydrogens (tertiary/aromatic N) is 4. The van der Waals surface area contributed by atoms with Crippen molar-refractivity contribution in [3.63, 3.8) is 0 Å². The zero-order valence-corrected chi connectivity index (χ0v) is 16.2. The van der Waals surface area contributed by atoms with Gasteiger partial charge >= 0.3 is 0 Å². The number of halogens is 1. The third-order valence-corrected chi connectivity index (χ3v) is 4.67. The van der Waals surface area contributed by atoms with Crippen LogP contribution < -0.4 is 5.32 Å². The van der Waals surface area contributed by atoms with E-state index in [2.05, 4.69) is 31.4 Å². The summed E-state index contributed by atoms with van der Waals surface area (Å²) in [4.78, 5) is 25.0. The number of amides is 1. The van der Waals surface area contributed by atoms with Gasteiger partial charge in [0.15, 0.2) is 0 Å². The van der Waals surface area contributed by atoms with Crippen molar-refractivity contribution in [3.05, 3.63) is 63.5 Å². The molecule has 0 fully saturated rings. The molecule has 0 aliphatic rings. The number of benzene rings is 1. The van der Waals surface area contributed by atoms with Crippen molar-refractivity contribution in [2.45, 2.75) is 20.4 Å². The number of nitrogens with one attached hydrogen (secondary N) is 1. The Labute approximate surface area is 159 Å². The van der Waals surface area contributed by atoms with Crippen LogP contribution in [0.5, 0.6) is 0 Å². The van der Waals surface area contributed by atoms with Crippen molar-refractivity contribution in [2.75, 3.05) is 5.32 Å². The van der Waals surface area contributed by atoms with Gasteiger partial charge in [0.05, 0.1) is 24.0 Å². The molecule has 0 unspecified atom stereocenters. The van der Waals surface area contributed by atoms with Crippen molar-refractivity contribution < 1.29 is 9.59 Å². The van der Waals surface area contributed by atoms with Gasteiger partial charge in [0.2, 0.25) is 0 Å². The summed E-state index contributed by atoms with van der Waals surface area (Å²) >= 11 is 3.40. The highest BCUT2D eigenvalue weighted by Gasteiger charge is 2.24. The molecule has 3 aromatic rings. The third-order valence-electron chi connectivity index (χ3n) is 4.15. The number of aryl methyl sites for hydroxylation is 2. The Balaban J connectivity index is 1.77. The highest BCUT2D eigenvalue weighted by atomic mass is 79.9. The van der Waals surface area contributed by atoms with E-state index in [1.807, 2.05) is 24.3 Å².